The topological polar surface area (TPSA) is 50.4 Å². The van der Waals surface area contributed by atoms with Gasteiger partial charge in [-0.3, -0.25) is 4.79 Å². The first-order valence-corrected chi connectivity index (χ1v) is 7.18. The molecule has 1 fully saturated rings. The highest BCUT2D eigenvalue weighted by Crippen LogP contribution is 2.42. The van der Waals surface area contributed by atoms with E-state index in [1.807, 2.05) is 18.2 Å². The summed E-state index contributed by atoms with van der Waals surface area (Å²) in [6.07, 6.45) is 1.12. The Labute approximate surface area is 119 Å². The maximum absolute atomic E-state index is 12.4. The van der Waals surface area contributed by atoms with E-state index in [1.165, 1.54) is 11.1 Å². The monoisotopic (exact) mass is 274 g/mol. The second-order valence-electron chi connectivity index (χ2n) is 6.39. The zero-order valence-electron chi connectivity index (χ0n) is 12.3. The molecule has 3 rings (SSSR count). The number of nitrogens with one attached hydrogen (secondary N) is 2. The summed E-state index contributed by atoms with van der Waals surface area (Å²) in [5.41, 5.74) is 3.29. The zero-order chi connectivity index (χ0) is 14.3. The largest absolute Gasteiger partial charge is 0.381 e. The van der Waals surface area contributed by atoms with Gasteiger partial charge >= 0.3 is 0 Å². The van der Waals surface area contributed by atoms with Crippen molar-refractivity contribution in [2.45, 2.75) is 45.5 Å². The molecule has 1 aromatic carbocycles. The average molecular weight is 274 g/mol. The molecule has 0 spiro atoms. The third-order valence-corrected chi connectivity index (χ3v) is 4.87. The van der Waals surface area contributed by atoms with E-state index in [2.05, 4.69) is 24.5 Å². The molecule has 2 unspecified atom stereocenters. The average Bonchev–Trinajstić information content (AvgIpc) is 2.89. The fourth-order valence-corrected chi connectivity index (χ4v) is 3.21. The highest BCUT2D eigenvalue weighted by atomic mass is 16.5. The minimum absolute atomic E-state index is 0.00267. The van der Waals surface area contributed by atoms with Crippen molar-refractivity contribution in [3.63, 3.8) is 0 Å². The Morgan fingerprint density at radius 3 is 2.80 bits per heavy atom. The van der Waals surface area contributed by atoms with Crippen LogP contribution in [0, 0.1) is 5.41 Å². The maximum atomic E-state index is 12.4. The van der Waals surface area contributed by atoms with Gasteiger partial charge in [0.25, 0.3) is 5.91 Å². The summed E-state index contributed by atoms with van der Waals surface area (Å²) in [5, 5.41) is 6.43. The normalized spacial score (nSPS) is 26.8. The zero-order valence-corrected chi connectivity index (χ0v) is 12.3. The molecule has 1 aromatic rings. The van der Waals surface area contributed by atoms with Crippen molar-refractivity contribution < 1.29 is 9.53 Å². The fraction of sp³-hybridized carbons (Fsp3) is 0.562. The van der Waals surface area contributed by atoms with Crippen molar-refractivity contribution in [2.24, 2.45) is 5.41 Å². The molecule has 0 radical (unpaired) electrons. The van der Waals surface area contributed by atoms with Gasteiger partial charge in [0.15, 0.2) is 0 Å². The SMILES string of the molecule is COC1CC(NC(=O)c2ccc3c(c2)CNC3)C1(C)C. The van der Waals surface area contributed by atoms with Gasteiger partial charge in [-0.2, -0.15) is 0 Å². The van der Waals surface area contributed by atoms with E-state index in [0.29, 0.717) is 0 Å². The van der Waals surface area contributed by atoms with Crippen LogP contribution >= 0.6 is 0 Å². The first kappa shape index (κ1) is 13.6. The molecule has 1 aliphatic heterocycles. The van der Waals surface area contributed by atoms with Gasteiger partial charge in [0, 0.05) is 37.2 Å². The minimum Gasteiger partial charge on any atom is -0.381 e. The lowest BCUT2D eigenvalue weighted by molar-refractivity contribution is -0.0942. The van der Waals surface area contributed by atoms with E-state index in [0.717, 1.165) is 25.1 Å². The van der Waals surface area contributed by atoms with Crippen molar-refractivity contribution in [1.29, 1.82) is 0 Å². The number of benzene rings is 1. The summed E-state index contributed by atoms with van der Waals surface area (Å²) >= 11 is 0. The predicted octanol–water partition coefficient (Wildman–Crippen LogP) is 1.83. The Kier molecular flexibility index (Phi) is 3.30. The molecule has 4 nitrogen and oxygen atoms in total. The number of carbonyl (C=O) groups is 1. The molecule has 2 N–H and O–H groups in total. The van der Waals surface area contributed by atoms with Crippen molar-refractivity contribution in [1.82, 2.24) is 10.6 Å². The van der Waals surface area contributed by atoms with Crippen LogP contribution in [0.1, 0.15) is 41.8 Å². The van der Waals surface area contributed by atoms with E-state index in [1.54, 1.807) is 7.11 Å². The molecule has 0 bridgehead atoms. The minimum atomic E-state index is 0.00267. The standard InChI is InChI=1S/C16H22N2O2/c1-16(2)13(7-14(16)20-3)18-15(19)10-4-5-11-8-17-9-12(11)6-10/h4-6,13-14,17H,7-9H2,1-3H3,(H,18,19). The molecule has 1 heterocycles. The van der Waals surface area contributed by atoms with Gasteiger partial charge in [-0.15, -0.1) is 0 Å². The predicted molar refractivity (Wildman–Crippen MR) is 77.4 cm³/mol. The lowest BCUT2D eigenvalue weighted by Gasteiger charge is -2.51. The van der Waals surface area contributed by atoms with Gasteiger partial charge in [-0.1, -0.05) is 19.9 Å². The summed E-state index contributed by atoms with van der Waals surface area (Å²) in [4.78, 5) is 12.4. The summed E-state index contributed by atoms with van der Waals surface area (Å²) in [6.45, 7) is 6.05. The van der Waals surface area contributed by atoms with E-state index >= 15 is 0 Å². The molecule has 1 amide bonds. The number of methoxy groups -OCH3 is 1. The highest BCUT2D eigenvalue weighted by Gasteiger charge is 2.49. The highest BCUT2D eigenvalue weighted by molar-refractivity contribution is 5.94. The van der Waals surface area contributed by atoms with Gasteiger partial charge in [0.05, 0.1) is 6.10 Å². The maximum Gasteiger partial charge on any atom is 0.251 e. The van der Waals surface area contributed by atoms with E-state index in [4.69, 9.17) is 4.74 Å². The number of amides is 1. The van der Waals surface area contributed by atoms with Gasteiger partial charge in [-0.25, -0.2) is 0 Å². The van der Waals surface area contributed by atoms with Crippen LogP contribution < -0.4 is 10.6 Å². The summed E-state index contributed by atoms with van der Waals surface area (Å²) in [5.74, 6) is 0.0207. The Bertz CT molecular complexity index is 539. The second kappa shape index (κ2) is 4.86. The summed E-state index contributed by atoms with van der Waals surface area (Å²) in [6, 6.07) is 6.16. The molecule has 1 saturated carbocycles. The van der Waals surface area contributed by atoms with Crippen molar-refractivity contribution >= 4 is 5.91 Å². The summed E-state index contributed by atoms with van der Waals surface area (Å²) < 4.78 is 5.42. The molecular weight excluding hydrogens is 252 g/mol. The van der Waals surface area contributed by atoms with Crippen LogP contribution in [0.15, 0.2) is 18.2 Å². The van der Waals surface area contributed by atoms with E-state index in [-0.39, 0.29) is 23.5 Å². The first-order valence-electron chi connectivity index (χ1n) is 7.18. The summed E-state index contributed by atoms with van der Waals surface area (Å²) in [7, 11) is 1.73. The van der Waals surface area contributed by atoms with Crippen LogP contribution in [-0.4, -0.2) is 25.2 Å². The van der Waals surface area contributed by atoms with Gasteiger partial charge in [0.1, 0.15) is 0 Å². The number of hydrogen-bond acceptors (Lipinski definition) is 3. The molecule has 4 heteroatoms. The van der Waals surface area contributed by atoms with Crippen molar-refractivity contribution in [3.8, 4) is 0 Å². The van der Waals surface area contributed by atoms with Crippen LogP contribution in [0.2, 0.25) is 0 Å². The van der Waals surface area contributed by atoms with Crippen LogP contribution in [0.25, 0.3) is 0 Å². The fourth-order valence-electron chi connectivity index (χ4n) is 3.21. The Hall–Kier alpha value is -1.39. The Balaban J connectivity index is 1.69. The van der Waals surface area contributed by atoms with Gasteiger partial charge in [-0.05, 0) is 29.7 Å². The number of rotatable bonds is 3. The lowest BCUT2D eigenvalue weighted by atomic mass is 9.64. The first-order chi connectivity index (χ1) is 9.52. The second-order valence-corrected chi connectivity index (χ2v) is 6.39. The van der Waals surface area contributed by atoms with Gasteiger partial charge < -0.3 is 15.4 Å². The van der Waals surface area contributed by atoms with Crippen molar-refractivity contribution in [2.75, 3.05) is 7.11 Å². The van der Waals surface area contributed by atoms with Crippen LogP contribution in [0.5, 0.6) is 0 Å². The third kappa shape index (κ3) is 2.13. The van der Waals surface area contributed by atoms with E-state index < -0.39 is 0 Å². The van der Waals surface area contributed by atoms with Crippen LogP contribution in [0.4, 0.5) is 0 Å². The Morgan fingerprint density at radius 1 is 1.35 bits per heavy atom. The number of hydrogen-bond donors (Lipinski definition) is 2. The Morgan fingerprint density at radius 2 is 2.10 bits per heavy atom. The molecule has 108 valence electrons. The molecule has 1 aliphatic carbocycles. The molecule has 20 heavy (non-hydrogen) atoms. The molecule has 0 aromatic heterocycles. The molecule has 2 atom stereocenters. The quantitative estimate of drug-likeness (QED) is 0.884. The number of fused-ring (bicyclic) bond motifs is 1. The third-order valence-electron chi connectivity index (χ3n) is 4.87. The lowest BCUT2D eigenvalue weighted by Crippen LogP contribution is -2.61. The van der Waals surface area contributed by atoms with Crippen molar-refractivity contribution in [3.05, 3.63) is 34.9 Å². The van der Waals surface area contributed by atoms with Crippen LogP contribution in [0.3, 0.4) is 0 Å². The molecular formula is C16H22N2O2. The van der Waals surface area contributed by atoms with Gasteiger partial charge in [0.2, 0.25) is 0 Å². The van der Waals surface area contributed by atoms with Crippen LogP contribution in [-0.2, 0) is 17.8 Å². The molecule has 0 saturated heterocycles. The number of ether oxygens (including phenoxy) is 1. The molecule has 2 aliphatic rings. The smallest absolute Gasteiger partial charge is 0.251 e. The number of carbonyl (C=O) groups excluding carboxylic acids is 1. The van der Waals surface area contributed by atoms with E-state index in [9.17, 15) is 4.79 Å².